The van der Waals surface area contributed by atoms with Gasteiger partial charge in [0.1, 0.15) is 33.5 Å². The molecule has 1 saturated carbocycles. The summed E-state index contributed by atoms with van der Waals surface area (Å²) in [7, 11) is -2.48. The zero-order valence-corrected chi connectivity index (χ0v) is 15.5. The first-order valence-electron chi connectivity index (χ1n) is 8.06. The van der Waals surface area contributed by atoms with E-state index in [1.807, 2.05) is 12.1 Å². The van der Waals surface area contributed by atoms with Crippen molar-refractivity contribution in [3.63, 3.8) is 0 Å². The Kier molecular flexibility index (Phi) is 4.28. The number of carbonyl (C=O) groups excluding carboxylic acids is 1. The fourth-order valence-electron chi connectivity index (χ4n) is 3.15. The Bertz CT molecular complexity index is 925. The van der Waals surface area contributed by atoms with Gasteiger partial charge in [-0.1, -0.05) is 6.92 Å². The summed E-state index contributed by atoms with van der Waals surface area (Å²) >= 11 is 0. The minimum atomic E-state index is -4.06. The van der Waals surface area contributed by atoms with Gasteiger partial charge in [-0.05, 0) is 38.3 Å². The lowest BCUT2D eigenvalue weighted by molar-refractivity contribution is 0.0769. The van der Waals surface area contributed by atoms with Crippen LogP contribution in [0.5, 0.6) is 0 Å². The van der Waals surface area contributed by atoms with Crippen LogP contribution in [0.3, 0.4) is 0 Å². The average molecular weight is 366 g/mol. The van der Waals surface area contributed by atoms with Gasteiger partial charge in [0.25, 0.3) is 5.91 Å². The summed E-state index contributed by atoms with van der Waals surface area (Å²) in [6.07, 6.45) is 1.12. The molecule has 7 nitrogen and oxygen atoms in total. The number of furan rings is 2. The number of carbonyl (C=O) groups is 1. The van der Waals surface area contributed by atoms with E-state index in [0.717, 1.165) is 12.2 Å². The van der Waals surface area contributed by atoms with E-state index in [9.17, 15) is 13.2 Å². The van der Waals surface area contributed by atoms with Gasteiger partial charge < -0.3 is 13.7 Å². The van der Waals surface area contributed by atoms with Gasteiger partial charge >= 0.3 is 0 Å². The summed E-state index contributed by atoms with van der Waals surface area (Å²) < 4.78 is 34.8. The van der Waals surface area contributed by atoms with Crippen LogP contribution in [0, 0.1) is 19.8 Å². The molecule has 25 heavy (non-hydrogen) atoms. The van der Waals surface area contributed by atoms with Crippen molar-refractivity contribution in [3.8, 4) is 0 Å². The quantitative estimate of drug-likeness (QED) is 0.875. The monoisotopic (exact) mass is 366 g/mol. The predicted octanol–water partition coefficient (Wildman–Crippen LogP) is 2.53. The molecule has 2 aromatic rings. The number of aryl methyl sites for hydroxylation is 2. The summed E-state index contributed by atoms with van der Waals surface area (Å²) in [6.45, 7) is 5.41. The van der Waals surface area contributed by atoms with E-state index in [0.29, 0.717) is 17.6 Å². The zero-order chi connectivity index (χ0) is 18.5. The maximum atomic E-state index is 12.8. The lowest BCUT2D eigenvalue weighted by Crippen LogP contribution is -2.28. The first-order valence-corrected chi connectivity index (χ1v) is 9.61. The number of rotatable bonds is 5. The second-order valence-electron chi connectivity index (χ2n) is 6.75. The molecule has 136 valence electrons. The summed E-state index contributed by atoms with van der Waals surface area (Å²) in [5, 5.41) is 5.24. The largest absolute Gasteiger partial charge is 0.464 e. The van der Waals surface area contributed by atoms with Crippen molar-refractivity contribution < 1.29 is 22.0 Å². The van der Waals surface area contributed by atoms with Gasteiger partial charge in [0, 0.05) is 13.0 Å². The van der Waals surface area contributed by atoms with Crippen LogP contribution in [0.2, 0.25) is 0 Å². The van der Waals surface area contributed by atoms with Crippen LogP contribution in [0.25, 0.3) is 0 Å². The third-order valence-electron chi connectivity index (χ3n) is 4.60. The average Bonchev–Trinajstić information content (AvgIpc) is 2.91. The maximum Gasteiger partial charge on any atom is 0.258 e. The molecular formula is C17H22N2O5S. The molecule has 2 N–H and O–H groups in total. The fourth-order valence-corrected chi connectivity index (χ4v) is 4.10. The second kappa shape index (κ2) is 6.03. The highest BCUT2D eigenvalue weighted by molar-refractivity contribution is 7.89. The first-order chi connectivity index (χ1) is 11.6. The van der Waals surface area contributed by atoms with Crippen molar-refractivity contribution in [2.45, 2.75) is 44.6 Å². The van der Waals surface area contributed by atoms with Crippen LogP contribution in [-0.4, -0.2) is 26.3 Å². The van der Waals surface area contributed by atoms with Crippen molar-refractivity contribution in [2.24, 2.45) is 11.1 Å². The molecular weight excluding hydrogens is 344 g/mol. The second-order valence-corrected chi connectivity index (χ2v) is 8.25. The molecule has 2 aromatic heterocycles. The van der Waals surface area contributed by atoms with Gasteiger partial charge in [0.05, 0.1) is 6.54 Å². The van der Waals surface area contributed by atoms with Gasteiger partial charge in [-0.2, -0.15) is 0 Å². The van der Waals surface area contributed by atoms with Crippen LogP contribution in [0.15, 0.2) is 25.9 Å². The molecule has 2 atom stereocenters. The van der Waals surface area contributed by atoms with E-state index >= 15 is 0 Å². The zero-order valence-electron chi connectivity index (χ0n) is 14.7. The fraction of sp³-hybridized carbons (Fsp3) is 0.471. The van der Waals surface area contributed by atoms with Gasteiger partial charge in [-0.3, -0.25) is 4.79 Å². The van der Waals surface area contributed by atoms with Crippen molar-refractivity contribution in [1.29, 1.82) is 0 Å². The number of nitrogens with two attached hydrogens (primary N) is 1. The lowest BCUT2D eigenvalue weighted by atomic mass is 10.2. The molecule has 0 radical (unpaired) electrons. The Balaban J connectivity index is 1.82. The van der Waals surface area contributed by atoms with Gasteiger partial charge in [-0.25, -0.2) is 13.6 Å². The third-order valence-corrected chi connectivity index (χ3v) is 5.66. The van der Waals surface area contributed by atoms with Crippen LogP contribution in [-0.2, 0) is 16.6 Å². The molecule has 0 unspecified atom stereocenters. The topological polar surface area (TPSA) is 107 Å². The normalized spacial score (nSPS) is 19.9. The molecule has 0 aliphatic heterocycles. The smallest absolute Gasteiger partial charge is 0.258 e. The summed E-state index contributed by atoms with van der Waals surface area (Å²) in [5.41, 5.74) is -0.0231. The molecule has 1 amide bonds. The van der Waals surface area contributed by atoms with Crippen LogP contribution >= 0.6 is 0 Å². The Labute approximate surface area is 146 Å². The van der Waals surface area contributed by atoms with Crippen LogP contribution in [0.1, 0.15) is 52.7 Å². The van der Waals surface area contributed by atoms with E-state index in [2.05, 4.69) is 6.92 Å². The molecule has 0 bridgehead atoms. The molecule has 1 fully saturated rings. The van der Waals surface area contributed by atoms with E-state index in [4.69, 9.17) is 14.0 Å². The van der Waals surface area contributed by atoms with Crippen LogP contribution in [0.4, 0.5) is 0 Å². The SMILES string of the molecule is Cc1oc(C)c(S(N)(=O)=O)c1C(=O)N(C)Cc1ccc([C@@H]2C[C@H]2C)o1. The molecule has 3 rings (SSSR count). The lowest BCUT2D eigenvalue weighted by Gasteiger charge is -2.16. The van der Waals surface area contributed by atoms with Gasteiger partial charge in [-0.15, -0.1) is 0 Å². The molecule has 0 spiro atoms. The Hall–Kier alpha value is -2.06. The summed E-state index contributed by atoms with van der Waals surface area (Å²) in [4.78, 5) is 13.9. The number of nitrogens with zero attached hydrogens (tertiary/aromatic N) is 1. The summed E-state index contributed by atoms with van der Waals surface area (Å²) in [6, 6.07) is 3.78. The maximum absolute atomic E-state index is 12.8. The number of sulfonamides is 1. The van der Waals surface area contributed by atoms with E-state index < -0.39 is 15.9 Å². The van der Waals surface area contributed by atoms with Gasteiger partial charge in [0.15, 0.2) is 0 Å². The molecule has 8 heteroatoms. The Morgan fingerprint density at radius 1 is 1.28 bits per heavy atom. The Morgan fingerprint density at radius 2 is 1.92 bits per heavy atom. The highest BCUT2D eigenvalue weighted by Gasteiger charge is 2.37. The predicted molar refractivity (Wildman–Crippen MR) is 90.6 cm³/mol. The third kappa shape index (κ3) is 3.36. The summed E-state index contributed by atoms with van der Waals surface area (Å²) in [5.74, 6) is 2.54. The van der Waals surface area contributed by atoms with Crippen molar-refractivity contribution in [2.75, 3.05) is 7.05 Å². The van der Waals surface area contributed by atoms with Crippen molar-refractivity contribution in [3.05, 3.63) is 40.7 Å². The minimum absolute atomic E-state index is 0.0231. The number of hydrogen-bond donors (Lipinski definition) is 1. The number of amides is 1. The molecule has 1 aliphatic carbocycles. The Morgan fingerprint density at radius 3 is 2.48 bits per heavy atom. The highest BCUT2D eigenvalue weighted by atomic mass is 32.2. The number of primary sulfonamides is 1. The van der Waals surface area contributed by atoms with E-state index in [1.165, 1.54) is 11.8 Å². The molecule has 2 heterocycles. The van der Waals surface area contributed by atoms with Crippen LogP contribution < -0.4 is 5.14 Å². The van der Waals surface area contributed by atoms with Crippen molar-refractivity contribution in [1.82, 2.24) is 4.90 Å². The molecule has 0 saturated heterocycles. The van der Waals surface area contributed by atoms with E-state index in [-0.39, 0.29) is 28.5 Å². The highest BCUT2D eigenvalue weighted by Crippen LogP contribution is 2.47. The minimum Gasteiger partial charge on any atom is -0.464 e. The molecule has 0 aromatic carbocycles. The molecule has 1 aliphatic rings. The number of hydrogen-bond acceptors (Lipinski definition) is 5. The van der Waals surface area contributed by atoms with E-state index in [1.54, 1.807) is 14.0 Å². The van der Waals surface area contributed by atoms with Gasteiger partial charge in [0.2, 0.25) is 10.0 Å². The van der Waals surface area contributed by atoms with Crippen molar-refractivity contribution >= 4 is 15.9 Å². The first kappa shape index (κ1) is 17.8. The standard InChI is InChI=1S/C17H22N2O5S/c1-9-7-13(9)14-6-5-12(24-14)8-19(4)17(20)15-10(2)23-11(3)16(15)25(18,21)22/h5-6,9,13H,7-8H2,1-4H3,(H2,18,21,22)/t9-,13-/m1/s1.